The second kappa shape index (κ2) is 4.26. The van der Waals surface area contributed by atoms with E-state index in [9.17, 15) is 0 Å². The van der Waals surface area contributed by atoms with Crippen molar-refractivity contribution < 1.29 is 13.9 Å². The number of imidazole rings is 1. The lowest BCUT2D eigenvalue weighted by atomic mass is 10.5. The van der Waals surface area contributed by atoms with Crippen LogP contribution in [0.5, 0.6) is 0 Å². The number of oxazole rings is 1. The summed E-state index contributed by atoms with van der Waals surface area (Å²) >= 11 is 0. The second-order valence-electron chi connectivity index (χ2n) is 2.85. The van der Waals surface area contributed by atoms with Gasteiger partial charge in [-0.3, -0.25) is 4.40 Å². The third-order valence-corrected chi connectivity index (χ3v) is 1.90. The lowest BCUT2D eigenvalue weighted by Gasteiger charge is -2.01. The number of hydrogen-bond acceptors (Lipinski definition) is 4. The minimum absolute atomic E-state index is 0.518. The van der Waals surface area contributed by atoms with Crippen LogP contribution in [0.25, 0.3) is 5.84 Å². The van der Waals surface area contributed by atoms with Crippen LogP contribution in [0.15, 0.2) is 23.1 Å². The summed E-state index contributed by atoms with van der Waals surface area (Å²) in [6, 6.07) is 0. The lowest BCUT2D eigenvalue weighted by molar-refractivity contribution is 0.0599. The summed E-state index contributed by atoms with van der Waals surface area (Å²) in [4.78, 5) is 4.06. The predicted octanol–water partition coefficient (Wildman–Crippen LogP) is 1.09. The molecule has 0 aromatic carbocycles. The van der Waals surface area contributed by atoms with Crippen LogP contribution in [0.1, 0.15) is 5.69 Å². The zero-order valence-corrected chi connectivity index (χ0v) is 7.97. The molecule has 0 aliphatic carbocycles. The summed E-state index contributed by atoms with van der Waals surface area (Å²) in [6.45, 7) is 1.71. The van der Waals surface area contributed by atoms with E-state index in [-0.39, 0.29) is 0 Å². The van der Waals surface area contributed by atoms with E-state index in [2.05, 4.69) is 4.98 Å². The summed E-state index contributed by atoms with van der Waals surface area (Å²) < 4.78 is 17.2. The van der Waals surface area contributed by atoms with Crippen LogP contribution in [0, 0.1) is 0 Å². The van der Waals surface area contributed by atoms with Crippen LogP contribution < -0.4 is 0 Å². The molecule has 0 atom stereocenters. The first-order valence-corrected chi connectivity index (χ1v) is 4.38. The quantitative estimate of drug-likeness (QED) is 0.672. The largest absolute Gasteiger partial charge is 0.432 e. The van der Waals surface area contributed by atoms with Gasteiger partial charge in [0.25, 0.3) is 0 Å². The van der Waals surface area contributed by atoms with Crippen molar-refractivity contribution in [1.29, 1.82) is 0 Å². The van der Waals surface area contributed by atoms with E-state index in [0.717, 1.165) is 5.69 Å². The smallest absolute Gasteiger partial charge is 0.305 e. The van der Waals surface area contributed by atoms with Crippen LogP contribution in [0.2, 0.25) is 0 Å². The van der Waals surface area contributed by atoms with Gasteiger partial charge in [-0.1, -0.05) is 0 Å². The Labute approximate surface area is 81.3 Å². The van der Waals surface area contributed by atoms with Crippen LogP contribution in [0.4, 0.5) is 0 Å². The lowest BCUT2D eigenvalue weighted by Crippen LogP contribution is -2.02. The van der Waals surface area contributed by atoms with Gasteiger partial charge in [-0.15, -0.1) is 0 Å². The van der Waals surface area contributed by atoms with Crippen LogP contribution in [0.3, 0.4) is 0 Å². The Kier molecular flexibility index (Phi) is 2.81. The molecule has 14 heavy (non-hydrogen) atoms. The maximum absolute atomic E-state index is 5.37. The molecule has 0 saturated carbocycles. The van der Waals surface area contributed by atoms with Crippen LogP contribution >= 0.6 is 0 Å². The number of nitrogens with zero attached hydrogens (tertiary/aromatic N) is 2. The minimum Gasteiger partial charge on any atom is -0.432 e. The maximum atomic E-state index is 5.37. The molecule has 0 aliphatic rings. The number of rotatable bonds is 5. The Bertz CT molecular complexity index is 393. The summed E-state index contributed by atoms with van der Waals surface area (Å²) in [5.41, 5.74) is 0.977. The zero-order chi connectivity index (χ0) is 9.80. The number of methoxy groups -OCH3 is 1. The molecule has 0 aliphatic heterocycles. The fourth-order valence-corrected chi connectivity index (χ4v) is 1.20. The van der Waals surface area contributed by atoms with Gasteiger partial charge in [0, 0.05) is 13.3 Å². The van der Waals surface area contributed by atoms with Crippen molar-refractivity contribution in [2.24, 2.45) is 0 Å². The fraction of sp³-hybridized carbons (Fsp3) is 0.444. The van der Waals surface area contributed by atoms with Gasteiger partial charge in [-0.25, -0.2) is 4.98 Å². The molecule has 2 aromatic rings. The molecule has 0 radical (unpaired) electrons. The highest BCUT2D eigenvalue weighted by molar-refractivity contribution is 5.26. The molecule has 0 N–H and O–H groups in total. The van der Waals surface area contributed by atoms with E-state index in [1.54, 1.807) is 19.6 Å². The van der Waals surface area contributed by atoms with Gasteiger partial charge < -0.3 is 13.9 Å². The van der Waals surface area contributed by atoms with E-state index >= 15 is 0 Å². The van der Waals surface area contributed by atoms with Gasteiger partial charge in [0.1, 0.15) is 6.26 Å². The van der Waals surface area contributed by atoms with E-state index in [4.69, 9.17) is 13.9 Å². The Hall–Kier alpha value is -1.33. The average Bonchev–Trinajstić information content (AvgIpc) is 2.75. The van der Waals surface area contributed by atoms with Crippen molar-refractivity contribution in [2.45, 2.75) is 6.61 Å². The van der Waals surface area contributed by atoms with Gasteiger partial charge in [0.2, 0.25) is 0 Å². The molecular weight excluding hydrogens is 184 g/mol. The molecule has 76 valence electrons. The van der Waals surface area contributed by atoms with Crippen LogP contribution in [-0.2, 0) is 16.1 Å². The minimum atomic E-state index is 0.518. The Balaban J connectivity index is 1.94. The van der Waals surface area contributed by atoms with Crippen molar-refractivity contribution in [2.75, 3.05) is 20.3 Å². The van der Waals surface area contributed by atoms with Gasteiger partial charge in [-0.05, 0) is 0 Å². The van der Waals surface area contributed by atoms with Gasteiger partial charge in [0.15, 0.2) is 0 Å². The second-order valence-corrected chi connectivity index (χ2v) is 2.85. The van der Waals surface area contributed by atoms with Gasteiger partial charge >= 0.3 is 5.84 Å². The normalized spacial score (nSPS) is 11.2. The topological polar surface area (TPSA) is 48.9 Å². The zero-order valence-electron chi connectivity index (χ0n) is 7.97. The summed E-state index contributed by atoms with van der Waals surface area (Å²) in [6.07, 6.45) is 5.16. The monoisotopic (exact) mass is 196 g/mol. The van der Waals surface area contributed by atoms with Crippen LogP contribution in [-0.4, -0.2) is 29.7 Å². The highest BCUT2D eigenvalue weighted by Gasteiger charge is 2.04. The molecule has 0 fully saturated rings. The molecule has 0 amide bonds. The first-order valence-electron chi connectivity index (χ1n) is 4.38. The highest BCUT2D eigenvalue weighted by atomic mass is 16.5. The third kappa shape index (κ3) is 1.78. The molecule has 2 heterocycles. The molecule has 5 nitrogen and oxygen atoms in total. The van der Waals surface area contributed by atoms with Crippen molar-refractivity contribution in [3.8, 4) is 0 Å². The van der Waals surface area contributed by atoms with E-state index < -0.39 is 0 Å². The molecule has 0 spiro atoms. The van der Waals surface area contributed by atoms with Gasteiger partial charge in [-0.2, -0.15) is 0 Å². The van der Waals surface area contributed by atoms with E-state index in [1.165, 1.54) is 0 Å². The predicted molar refractivity (Wildman–Crippen MR) is 49.0 cm³/mol. The SMILES string of the molecule is COCCOCc1cnc2occn12. The Morgan fingerprint density at radius 2 is 2.43 bits per heavy atom. The molecule has 2 aromatic heterocycles. The molecular formula is C9H12N2O3. The molecule has 2 rings (SSSR count). The molecule has 0 saturated heterocycles. The number of ether oxygens (including phenoxy) is 2. The molecule has 0 unspecified atom stereocenters. The molecule has 0 bridgehead atoms. The first kappa shape index (κ1) is 9.23. The van der Waals surface area contributed by atoms with E-state index in [1.807, 2.05) is 10.6 Å². The molecule has 5 heteroatoms. The first-order chi connectivity index (χ1) is 6.92. The number of aromatic nitrogens is 2. The number of hydrogen-bond donors (Lipinski definition) is 0. The maximum Gasteiger partial charge on any atom is 0.305 e. The van der Waals surface area contributed by atoms with Crippen molar-refractivity contribution in [1.82, 2.24) is 9.38 Å². The van der Waals surface area contributed by atoms with Crippen molar-refractivity contribution >= 4 is 5.84 Å². The number of fused-ring (bicyclic) bond motifs is 1. The summed E-state index contributed by atoms with van der Waals surface area (Å²) in [5, 5.41) is 0. The van der Waals surface area contributed by atoms with Crippen molar-refractivity contribution in [3.05, 3.63) is 24.4 Å². The Morgan fingerprint density at radius 1 is 1.50 bits per heavy atom. The highest BCUT2D eigenvalue weighted by Crippen LogP contribution is 2.07. The standard InChI is InChI=1S/C9H12N2O3/c1-12-4-5-13-7-8-6-10-9-11(8)2-3-14-9/h2-3,6H,4-5,7H2,1H3. The third-order valence-electron chi connectivity index (χ3n) is 1.90. The van der Waals surface area contributed by atoms with Gasteiger partial charge in [0.05, 0.1) is 31.7 Å². The summed E-state index contributed by atoms with van der Waals surface area (Å²) in [5.74, 6) is 0.593. The van der Waals surface area contributed by atoms with E-state index in [0.29, 0.717) is 25.7 Å². The average molecular weight is 196 g/mol. The summed E-state index contributed by atoms with van der Waals surface area (Å²) in [7, 11) is 1.65. The fourth-order valence-electron chi connectivity index (χ4n) is 1.20. The van der Waals surface area contributed by atoms with Crippen molar-refractivity contribution in [3.63, 3.8) is 0 Å². The Morgan fingerprint density at radius 3 is 3.29 bits per heavy atom.